The summed E-state index contributed by atoms with van der Waals surface area (Å²) in [6.07, 6.45) is 4.45. The highest BCUT2D eigenvalue weighted by atomic mass is 79.9. The summed E-state index contributed by atoms with van der Waals surface area (Å²) in [4.78, 5) is 48.2. The van der Waals surface area contributed by atoms with Crippen molar-refractivity contribution < 1.29 is 24.2 Å². The molecule has 3 fully saturated rings. The zero-order valence-electron chi connectivity index (χ0n) is 25.1. The van der Waals surface area contributed by atoms with E-state index in [4.69, 9.17) is 4.74 Å². The van der Waals surface area contributed by atoms with E-state index >= 15 is 0 Å². The van der Waals surface area contributed by atoms with Crippen LogP contribution < -0.4 is 9.80 Å². The first-order valence-electron chi connectivity index (χ1n) is 14.9. The molecule has 2 amide bonds. The van der Waals surface area contributed by atoms with Gasteiger partial charge in [0.25, 0.3) is 5.91 Å². The maximum Gasteiger partial charge on any atom is 0.310 e. The molecule has 230 valence electrons. The van der Waals surface area contributed by atoms with E-state index < -0.39 is 34.6 Å². The van der Waals surface area contributed by atoms with Crippen LogP contribution in [0.3, 0.4) is 0 Å². The fraction of sp³-hybridized carbons (Fsp3) is 0.594. The number of aliphatic hydroxyl groups is 1. The number of ether oxygens (including phenoxy) is 1. The number of anilines is 2. The van der Waals surface area contributed by atoms with Gasteiger partial charge in [-0.1, -0.05) is 41.9 Å². The van der Waals surface area contributed by atoms with E-state index in [9.17, 15) is 19.5 Å². The van der Waals surface area contributed by atoms with Crippen molar-refractivity contribution in [3.8, 4) is 0 Å². The first kappa shape index (κ1) is 32.6. The molecule has 1 N–H and O–H groups in total. The highest BCUT2D eigenvalue weighted by molar-refractivity contribution is 9.09. The Bertz CT molecular complexity index is 1180. The van der Waals surface area contributed by atoms with Crippen LogP contribution in [-0.2, 0) is 19.1 Å². The van der Waals surface area contributed by atoms with Gasteiger partial charge in [-0.15, -0.1) is 24.9 Å². The summed E-state index contributed by atoms with van der Waals surface area (Å²) >= 11 is 5.36. The second-order valence-corrected chi connectivity index (χ2v) is 14.3. The van der Waals surface area contributed by atoms with Crippen LogP contribution in [0.15, 0.2) is 49.6 Å². The minimum Gasteiger partial charge on any atom is -0.465 e. The highest BCUT2D eigenvalue weighted by Gasteiger charge is 2.76. The summed E-state index contributed by atoms with van der Waals surface area (Å²) < 4.78 is 4.78. The van der Waals surface area contributed by atoms with E-state index in [-0.39, 0.29) is 47.6 Å². The molecule has 8 nitrogen and oxygen atoms in total. The zero-order valence-corrected chi connectivity index (χ0v) is 27.5. The Morgan fingerprint density at radius 1 is 1.19 bits per heavy atom. The SMILES string of the molecule is C=CCCOC(=O)[C@H]1[C@H]2C(=O)N([C@@H](CO)C(C)C)C(C(=O)N(CC=C)c3ccc(N(CC)CC)cc3)C23CC(Br)[C@@H]1S3. The Labute approximate surface area is 262 Å². The van der Waals surface area contributed by atoms with Crippen molar-refractivity contribution in [2.24, 2.45) is 17.8 Å². The van der Waals surface area contributed by atoms with Gasteiger partial charge in [-0.25, -0.2) is 0 Å². The van der Waals surface area contributed by atoms with Crippen LogP contribution in [0.4, 0.5) is 11.4 Å². The van der Waals surface area contributed by atoms with Crippen molar-refractivity contribution in [1.82, 2.24) is 4.90 Å². The van der Waals surface area contributed by atoms with Crippen LogP contribution in [0.25, 0.3) is 0 Å². The van der Waals surface area contributed by atoms with Gasteiger partial charge in [-0.3, -0.25) is 14.4 Å². The summed E-state index contributed by atoms with van der Waals surface area (Å²) in [7, 11) is 0. The summed E-state index contributed by atoms with van der Waals surface area (Å²) in [6, 6.07) is 6.45. The average Bonchev–Trinajstić information content (AvgIpc) is 3.56. The zero-order chi connectivity index (χ0) is 30.8. The van der Waals surface area contributed by atoms with Crippen LogP contribution in [0.2, 0.25) is 0 Å². The normalized spacial score (nSPS) is 28.5. The van der Waals surface area contributed by atoms with Gasteiger partial charge in [0.2, 0.25) is 5.91 Å². The number of hydrogen-bond donors (Lipinski definition) is 1. The highest BCUT2D eigenvalue weighted by Crippen LogP contribution is 2.68. The Kier molecular flexibility index (Phi) is 10.5. The number of fused-ring (bicyclic) bond motifs is 1. The molecule has 0 radical (unpaired) electrons. The van der Waals surface area contributed by atoms with E-state index in [2.05, 4.69) is 47.8 Å². The number of rotatable bonds is 14. The lowest BCUT2D eigenvalue weighted by molar-refractivity contribution is -0.154. The monoisotopic (exact) mass is 661 g/mol. The van der Waals surface area contributed by atoms with Crippen molar-refractivity contribution in [1.29, 1.82) is 0 Å². The molecule has 7 atom stereocenters. The lowest BCUT2D eigenvalue weighted by Crippen LogP contribution is -2.59. The number of aliphatic hydroxyl groups excluding tert-OH is 1. The Hall–Kier alpha value is -2.30. The molecule has 0 saturated carbocycles. The molecule has 1 aromatic carbocycles. The molecule has 3 aliphatic rings. The molecule has 4 rings (SSSR count). The van der Waals surface area contributed by atoms with Gasteiger partial charge in [0.15, 0.2) is 0 Å². The third kappa shape index (κ3) is 5.54. The Balaban J connectivity index is 1.79. The fourth-order valence-electron chi connectivity index (χ4n) is 6.96. The second-order valence-electron chi connectivity index (χ2n) is 11.6. The van der Waals surface area contributed by atoms with Gasteiger partial charge in [-0.2, -0.15) is 0 Å². The van der Waals surface area contributed by atoms with Gasteiger partial charge >= 0.3 is 5.97 Å². The quantitative estimate of drug-likeness (QED) is 0.134. The minimum absolute atomic E-state index is 0.0633. The van der Waals surface area contributed by atoms with E-state index in [0.29, 0.717) is 18.5 Å². The van der Waals surface area contributed by atoms with E-state index in [1.54, 1.807) is 33.7 Å². The predicted molar refractivity (Wildman–Crippen MR) is 173 cm³/mol. The molecule has 3 saturated heterocycles. The van der Waals surface area contributed by atoms with Gasteiger partial charge in [0.1, 0.15) is 6.04 Å². The van der Waals surface area contributed by atoms with Gasteiger partial charge in [-0.05, 0) is 56.9 Å². The third-order valence-corrected chi connectivity index (χ3v) is 12.2. The first-order valence-corrected chi connectivity index (χ1v) is 16.7. The van der Waals surface area contributed by atoms with Crippen LogP contribution in [0.5, 0.6) is 0 Å². The minimum atomic E-state index is -0.863. The number of amides is 2. The molecule has 3 unspecified atom stereocenters. The summed E-state index contributed by atoms with van der Waals surface area (Å²) in [5, 5.41) is 10.3. The second kappa shape index (κ2) is 13.6. The summed E-state index contributed by atoms with van der Waals surface area (Å²) in [6.45, 7) is 17.6. The number of halogens is 1. The maximum absolute atomic E-state index is 14.8. The number of esters is 1. The van der Waals surface area contributed by atoms with E-state index in [1.165, 1.54) is 0 Å². The molecule has 10 heteroatoms. The molecule has 3 heterocycles. The lowest BCUT2D eigenvalue weighted by atomic mass is 9.71. The molecular formula is C32H44BrN3O5S. The number of thioether (sulfide) groups is 1. The Morgan fingerprint density at radius 2 is 1.83 bits per heavy atom. The van der Waals surface area contributed by atoms with Crippen LogP contribution in [0.1, 0.15) is 40.5 Å². The average molecular weight is 663 g/mol. The molecule has 0 aromatic heterocycles. The number of benzene rings is 1. The van der Waals surface area contributed by atoms with Crippen LogP contribution in [-0.4, -0.2) is 87.5 Å². The molecule has 1 aromatic rings. The predicted octanol–water partition coefficient (Wildman–Crippen LogP) is 4.65. The van der Waals surface area contributed by atoms with Gasteiger partial charge in [0.05, 0.1) is 35.8 Å². The Morgan fingerprint density at radius 3 is 2.38 bits per heavy atom. The summed E-state index contributed by atoms with van der Waals surface area (Å²) in [5.41, 5.74) is 1.78. The van der Waals surface area contributed by atoms with Crippen molar-refractivity contribution >= 4 is 56.9 Å². The van der Waals surface area contributed by atoms with Crippen molar-refractivity contribution in [3.63, 3.8) is 0 Å². The van der Waals surface area contributed by atoms with E-state index in [0.717, 1.165) is 18.8 Å². The van der Waals surface area contributed by atoms with Gasteiger partial charge in [0, 0.05) is 41.1 Å². The van der Waals surface area contributed by atoms with Gasteiger partial charge < -0.3 is 24.5 Å². The van der Waals surface area contributed by atoms with Crippen molar-refractivity contribution in [3.05, 3.63) is 49.6 Å². The number of carbonyl (C=O) groups is 3. The van der Waals surface area contributed by atoms with Crippen LogP contribution in [0, 0.1) is 17.8 Å². The summed E-state index contributed by atoms with van der Waals surface area (Å²) in [5.74, 6) is -2.39. The molecule has 1 spiro atoms. The standard InChI is InChI=1S/C32H44BrN3O5S/c1-7-11-17-41-31(40)25-26-29(38)36(24(19-37)20(5)6)28(32(26)18-23(33)27(25)42-32)30(39)35(16-8-2)22-14-12-21(13-15-22)34(9-3)10-4/h7-8,12-15,20,23-28,37H,1-2,9-11,16-19H2,3-6H3/t23?,24-,25-,26-,27-,28?,32?/m0/s1. The topological polar surface area (TPSA) is 90.4 Å². The van der Waals surface area contributed by atoms with Crippen molar-refractivity contribution in [2.45, 2.75) is 67.4 Å². The third-order valence-electron chi connectivity index (χ3n) is 8.98. The number of hydrogen-bond acceptors (Lipinski definition) is 7. The molecule has 42 heavy (non-hydrogen) atoms. The molecular weight excluding hydrogens is 618 g/mol. The fourth-order valence-corrected chi connectivity index (χ4v) is 10.5. The number of nitrogens with zero attached hydrogens (tertiary/aromatic N) is 3. The van der Waals surface area contributed by atoms with Crippen LogP contribution >= 0.6 is 27.7 Å². The molecule has 3 aliphatic heterocycles. The smallest absolute Gasteiger partial charge is 0.310 e. The maximum atomic E-state index is 14.8. The lowest BCUT2D eigenvalue weighted by Gasteiger charge is -2.41. The number of likely N-dealkylation sites (tertiary alicyclic amines) is 1. The van der Waals surface area contributed by atoms with E-state index in [1.807, 2.05) is 38.1 Å². The molecule has 0 aliphatic carbocycles. The van der Waals surface area contributed by atoms with Crippen molar-refractivity contribution in [2.75, 3.05) is 42.6 Å². The molecule has 2 bridgehead atoms. The number of carbonyl (C=O) groups excluding carboxylic acids is 3. The number of alkyl halides is 1. The first-order chi connectivity index (χ1) is 20.1. The largest absolute Gasteiger partial charge is 0.465 e.